The quantitative estimate of drug-likeness (QED) is 0.615. The molecule has 0 aliphatic heterocycles. The predicted octanol–water partition coefficient (Wildman–Crippen LogP) is 2.71. The third kappa shape index (κ3) is 2.67. The maximum absolute atomic E-state index is 9.59. The molecule has 120 valence electrons. The zero-order valence-electron chi connectivity index (χ0n) is 12.7. The van der Waals surface area contributed by atoms with Crippen molar-refractivity contribution in [3.8, 4) is 22.3 Å². The molecular formula is C16H13N5O2S. The molecule has 7 nitrogen and oxygen atoms in total. The molecular weight excluding hydrogens is 326 g/mol. The Hall–Kier alpha value is -3.00. The minimum atomic E-state index is 0.218. The molecule has 0 radical (unpaired) electrons. The molecule has 0 saturated heterocycles. The second-order valence-electron chi connectivity index (χ2n) is 5.18. The number of methoxy groups -OCH3 is 1. The van der Waals surface area contributed by atoms with E-state index in [0.717, 1.165) is 21.5 Å². The van der Waals surface area contributed by atoms with Crippen LogP contribution in [0.2, 0.25) is 0 Å². The number of phenolic OH excluding ortho intramolecular Hbond substituents is 1. The van der Waals surface area contributed by atoms with E-state index in [1.807, 2.05) is 24.3 Å². The number of nitrogens with zero attached hydrogens (tertiary/aromatic N) is 5. The zero-order valence-corrected chi connectivity index (χ0v) is 13.6. The molecule has 24 heavy (non-hydrogen) atoms. The van der Waals surface area contributed by atoms with Crippen LogP contribution in [0.15, 0.2) is 42.5 Å². The molecule has 4 rings (SSSR count). The number of hydrogen-bond donors (Lipinski definition) is 1. The van der Waals surface area contributed by atoms with Crippen LogP contribution in [-0.2, 0) is 6.54 Å². The molecule has 0 saturated carbocycles. The van der Waals surface area contributed by atoms with E-state index >= 15 is 0 Å². The maximum atomic E-state index is 9.59. The number of aromatic hydroxyl groups is 1. The van der Waals surface area contributed by atoms with E-state index in [2.05, 4.69) is 20.5 Å². The van der Waals surface area contributed by atoms with Crippen LogP contribution < -0.4 is 4.74 Å². The van der Waals surface area contributed by atoms with Gasteiger partial charge >= 0.3 is 0 Å². The number of thiazole rings is 1. The summed E-state index contributed by atoms with van der Waals surface area (Å²) in [5.74, 6) is 1.63. The van der Waals surface area contributed by atoms with Crippen LogP contribution in [0.5, 0.6) is 11.5 Å². The fraction of sp³-hybridized carbons (Fsp3) is 0.125. The molecule has 1 N–H and O–H groups in total. The molecule has 0 amide bonds. The summed E-state index contributed by atoms with van der Waals surface area (Å²) in [4.78, 5) is 4.55. The van der Waals surface area contributed by atoms with Gasteiger partial charge in [0.25, 0.3) is 0 Å². The molecule has 0 fully saturated rings. The summed E-state index contributed by atoms with van der Waals surface area (Å²) < 4.78 is 7.77. The van der Waals surface area contributed by atoms with Gasteiger partial charge in [0, 0.05) is 0 Å². The van der Waals surface area contributed by atoms with Crippen molar-refractivity contribution >= 4 is 21.6 Å². The summed E-state index contributed by atoms with van der Waals surface area (Å²) in [6.45, 7) is 0.535. The lowest BCUT2D eigenvalue weighted by atomic mass is 10.2. The van der Waals surface area contributed by atoms with Gasteiger partial charge in [-0.3, -0.25) is 0 Å². The Morgan fingerprint density at radius 2 is 2.00 bits per heavy atom. The largest absolute Gasteiger partial charge is 0.508 e. The van der Waals surface area contributed by atoms with Crippen LogP contribution in [0.3, 0.4) is 0 Å². The van der Waals surface area contributed by atoms with Gasteiger partial charge in [0.05, 0.1) is 23.9 Å². The summed E-state index contributed by atoms with van der Waals surface area (Å²) in [5.41, 5.74) is 1.87. The first-order chi connectivity index (χ1) is 11.7. The van der Waals surface area contributed by atoms with Crippen molar-refractivity contribution < 1.29 is 9.84 Å². The van der Waals surface area contributed by atoms with Crippen LogP contribution in [-0.4, -0.2) is 37.4 Å². The van der Waals surface area contributed by atoms with Gasteiger partial charge in [-0.2, -0.15) is 0 Å². The van der Waals surface area contributed by atoms with Crippen LogP contribution in [0, 0.1) is 0 Å². The van der Waals surface area contributed by atoms with Gasteiger partial charge in [-0.1, -0.05) is 12.1 Å². The fourth-order valence-electron chi connectivity index (χ4n) is 2.38. The second-order valence-corrected chi connectivity index (χ2v) is 6.21. The van der Waals surface area contributed by atoms with Crippen molar-refractivity contribution in [2.24, 2.45) is 0 Å². The van der Waals surface area contributed by atoms with E-state index in [1.54, 1.807) is 30.0 Å². The Labute approximate surface area is 141 Å². The van der Waals surface area contributed by atoms with E-state index in [-0.39, 0.29) is 5.75 Å². The molecule has 0 bridgehead atoms. The molecule has 0 spiro atoms. The monoisotopic (exact) mass is 339 g/mol. The molecule has 0 atom stereocenters. The number of tetrazole rings is 1. The fourth-order valence-corrected chi connectivity index (χ4v) is 3.36. The smallest absolute Gasteiger partial charge is 0.211 e. The summed E-state index contributed by atoms with van der Waals surface area (Å²) in [7, 11) is 1.64. The van der Waals surface area contributed by atoms with E-state index in [9.17, 15) is 5.11 Å². The van der Waals surface area contributed by atoms with Gasteiger partial charge in [-0.05, 0) is 46.3 Å². The first-order valence-electron chi connectivity index (χ1n) is 7.22. The molecule has 0 aliphatic carbocycles. The number of benzene rings is 2. The predicted molar refractivity (Wildman–Crippen MR) is 90.2 cm³/mol. The SMILES string of the molecule is COc1ccc(Cn2nnnc2-c2nc3ccc(O)cc3s2)cc1. The number of phenols is 1. The van der Waals surface area contributed by atoms with E-state index < -0.39 is 0 Å². The molecule has 8 heteroatoms. The minimum Gasteiger partial charge on any atom is -0.508 e. The minimum absolute atomic E-state index is 0.218. The average molecular weight is 339 g/mol. The molecule has 2 aromatic carbocycles. The maximum Gasteiger partial charge on any atom is 0.211 e. The average Bonchev–Trinajstić information content (AvgIpc) is 3.21. The van der Waals surface area contributed by atoms with Gasteiger partial charge in [0.15, 0.2) is 5.01 Å². The number of ether oxygens (including phenoxy) is 1. The third-order valence-corrected chi connectivity index (χ3v) is 4.60. The van der Waals surface area contributed by atoms with Crippen molar-refractivity contribution in [2.45, 2.75) is 6.54 Å². The Kier molecular flexibility index (Phi) is 3.58. The van der Waals surface area contributed by atoms with Crippen molar-refractivity contribution in [1.82, 2.24) is 25.2 Å². The second kappa shape index (κ2) is 5.89. The standard InChI is InChI=1S/C16H13N5O2S/c1-23-12-5-2-10(3-6-12)9-21-15(18-19-20-21)16-17-13-7-4-11(22)8-14(13)24-16/h2-8,22H,9H2,1H3. The van der Waals surface area contributed by atoms with Gasteiger partial charge in [-0.15, -0.1) is 16.4 Å². The highest BCUT2D eigenvalue weighted by atomic mass is 32.1. The van der Waals surface area contributed by atoms with Gasteiger partial charge in [-0.25, -0.2) is 9.67 Å². The lowest BCUT2D eigenvalue weighted by Gasteiger charge is -2.04. The lowest BCUT2D eigenvalue weighted by Crippen LogP contribution is -2.04. The number of hydrogen-bond acceptors (Lipinski definition) is 7. The molecule has 0 unspecified atom stereocenters. The summed E-state index contributed by atoms with van der Waals surface area (Å²) in [5, 5.41) is 22.2. The Morgan fingerprint density at radius 1 is 1.17 bits per heavy atom. The van der Waals surface area contributed by atoms with Crippen molar-refractivity contribution in [2.75, 3.05) is 7.11 Å². The Morgan fingerprint density at radius 3 is 2.79 bits per heavy atom. The molecule has 2 aromatic heterocycles. The highest BCUT2D eigenvalue weighted by Gasteiger charge is 2.14. The molecule has 4 aromatic rings. The Bertz CT molecular complexity index is 993. The number of fused-ring (bicyclic) bond motifs is 1. The zero-order chi connectivity index (χ0) is 16.5. The summed E-state index contributed by atoms with van der Waals surface area (Å²) in [6, 6.07) is 12.8. The molecule has 0 aliphatic rings. The number of rotatable bonds is 4. The summed E-state index contributed by atoms with van der Waals surface area (Å²) >= 11 is 1.45. The normalized spacial score (nSPS) is 11.0. The van der Waals surface area contributed by atoms with Crippen molar-refractivity contribution in [3.63, 3.8) is 0 Å². The van der Waals surface area contributed by atoms with Gasteiger partial charge in [0.1, 0.15) is 11.5 Å². The third-order valence-electron chi connectivity index (χ3n) is 3.59. The molecule has 2 heterocycles. The topological polar surface area (TPSA) is 86.0 Å². The van der Waals surface area contributed by atoms with Gasteiger partial charge < -0.3 is 9.84 Å². The highest BCUT2D eigenvalue weighted by Crippen LogP contribution is 2.31. The summed E-state index contributed by atoms with van der Waals surface area (Å²) in [6.07, 6.45) is 0. The lowest BCUT2D eigenvalue weighted by molar-refractivity contribution is 0.414. The van der Waals surface area contributed by atoms with Crippen LogP contribution in [0.25, 0.3) is 21.0 Å². The first kappa shape index (κ1) is 14.6. The van der Waals surface area contributed by atoms with E-state index in [1.165, 1.54) is 11.3 Å². The van der Waals surface area contributed by atoms with Gasteiger partial charge in [0.2, 0.25) is 5.82 Å². The van der Waals surface area contributed by atoms with E-state index in [0.29, 0.717) is 17.4 Å². The van der Waals surface area contributed by atoms with E-state index in [4.69, 9.17) is 4.74 Å². The first-order valence-corrected chi connectivity index (χ1v) is 8.03. The Balaban J connectivity index is 1.67. The van der Waals surface area contributed by atoms with Crippen molar-refractivity contribution in [3.05, 3.63) is 48.0 Å². The number of aromatic nitrogens is 5. The van der Waals surface area contributed by atoms with Crippen LogP contribution >= 0.6 is 11.3 Å². The van der Waals surface area contributed by atoms with Crippen molar-refractivity contribution in [1.29, 1.82) is 0 Å². The highest BCUT2D eigenvalue weighted by molar-refractivity contribution is 7.21. The van der Waals surface area contributed by atoms with Crippen LogP contribution in [0.4, 0.5) is 0 Å². The van der Waals surface area contributed by atoms with Crippen LogP contribution in [0.1, 0.15) is 5.56 Å².